The van der Waals surface area contributed by atoms with E-state index in [1.54, 1.807) is 11.8 Å². The van der Waals surface area contributed by atoms with Gasteiger partial charge in [-0.3, -0.25) is 0 Å². The zero-order chi connectivity index (χ0) is 8.65. The van der Waals surface area contributed by atoms with Crippen LogP contribution in [0.4, 0.5) is 0 Å². The molecule has 0 aliphatic rings. The van der Waals surface area contributed by atoms with E-state index in [-0.39, 0.29) is 0 Å². The van der Waals surface area contributed by atoms with Crippen LogP contribution in [0.15, 0.2) is 30.3 Å². The summed E-state index contributed by atoms with van der Waals surface area (Å²) in [7, 11) is 0. The highest BCUT2D eigenvalue weighted by Crippen LogP contribution is 2.05. The highest BCUT2D eigenvalue weighted by atomic mass is 32.2. The Kier molecular flexibility index (Phi) is 4.88. The van der Waals surface area contributed by atoms with Gasteiger partial charge in [0.25, 0.3) is 0 Å². The highest BCUT2D eigenvalue weighted by Gasteiger charge is 1.91. The van der Waals surface area contributed by atoms with Crippen molar-refractivity contribution in [1.82, 2.24) is 0 Å². The molecule has 0 aromatic heterocycles. The number of hydrogen-bond donors (Lipinski definition) is 1. The van der Waals surface area contributed by atoms with Gasteiger partial charge >= 0.3 is 0 Å². The number of thioether (sulfide) groups is 1. The lowest BCUT2D eigenvalue weighted by atomic mass is 10.2. The van der Waals surface area contributed by atoms with Crippen LogP contribution in [0, 0.1) is 0 Å². The zero-order valence-electron chi connectivity index (χ0n) is 7.07. The molecule has 1 rings (SSSR count). The lowest BCUT2D eigenvalue weighted by molar-refractivity contribution is 0.322. The van der Waals surface area contributed by atoms with Gasteiger partial charge in [-0.25, -0.2) is 0 Å². The Balaban J connectivity index is 2.16. The van der Waals surface area contributed by atoms with Gasteiger partial charge in [-0.2, -0.15) is 11.8 Å². The van der Waals surface area contributed by atoms with Gasteiger partial charge in [0.05, 0.1) is 6.61 Å². The normalized spacial score (nSPS) is 10.1. The van der Waals surface area contributed by atoms with Gasteiger partial charge in [-0.05, 0) is 17.7 Å². The molecule has 0 atom stereocenters. The van der Waals surface area contributed by atoms with Crippen molar-refractivity contribution < 1.29 is 5.11 Å². The number of aryl methyl sites for hydroxylation is 1. The van der Waals surface area contributed by atoms with Crippen molar-refractivity contribution in [3.05, 3.63) is 35.9 Å². The SMILES string of the molecule is OCCSCCc1ccccc1. The summed E-state index contributed by atoms with van der Waals surface area (Å²) in [5, 5.41) is 8.54. The molecule has 66 valence electrons. The first-order valence-electron chi connectivity index (χ1n) is 4.16. The maximum absolute atomic E-state index is 8.54. The molecule has 2 heteroatoms. The minimum atomic E-state index is 0.291. The minimum Gasteiger partial charge on any atom is -0.396 e. The van der Waals surface area contributed by atoms with E-state index in [9.17, 15) is 0 Å². The van der Waals surface area contributed by atoms with E-state index in [0.717, 1.165) is 17.9 Å². The van der Waals surface area contributed by atoms with E-state index < -0.39 is 0 Å². The van der Waals surface area contributed by atoms with Crippen LogP contribution in [-0.4, -0.2) is 23.2 Å². The van der Waals surface area contributed by atoms with Gasteiger partial charge in [-0.1, -0.05) is 30.3 Å². The molecule has 1 aromatic carbocycles. The van der Waals surface area contributed by atoms with Crippen molar-refractivity contribution in [3.63, 3.8) is 0 Å². The van der Waals surface area contributed by atoms with Gasteiger partial charge in [0, 0.05) is 5.75 Å². The second-order valence-electron chi connectivity index (χ2n) is 2.57. The van der Waals surface area contributed by atoms with Crippen molar-refractivity contribution in [2.24, 2.45) is 0 Å². The molecule has 0 bridgehead atoms. The zero-order valence-corrected chi connectivity index (χ0v) is 7.89. The van der Waals surface area contributed by atoms with E-state index in [1.807, 2.05) is 6.07 Å². The second-order valence-corrected chi connectivity index (χ2v) is 3.80. The third kappa shape index (κ3) is 3.79. The molecular weight excluding hydrogens is 168 g/mol. The first-order valence-corrected chi connectivity index (χ1v) is 5.31. The molecule has 0 radical (unpaired) electrons. The van der Waals surface area contributed by atoms with Gasteiger partial charge in [0.15, 0.2) is 0 Å². The van der Waals surface area contributed by atoms with Crippen molar-refractivity contribution in [3.8, 4) is 0 Å². The molecule has 1 N–H and O–H groups in total. The molecule has 12 heavy (non-hydrogen) atoms. The highest BCUT2D eigenvalue weighted by molar-refractivity contribution is 7.99. The summed E-state index contributed by atoms with van der Waals surface area (Å²) in [6, 6.07) is 10.4. The van der Waals surface area contributed by atoms with Crippen molar-refractivity contribution in [1.29, 1.82) is 0 Å². The molecule has 0 fully saturated rings. The van der Waals surface area contributed by atoms with Crippen molar-refractivity contribution in [2.45, 2.75) is 6.42 Å². The van der Waals surface area contributed by atoms with Gasteiger partial charge in [0.1, 0.15) is 0 Å². The summed E-state index contributed by atoms with van der Waals surface area (Å²) < 4.78 is 0. The Morgan fingerprint density at radius 3 is 2.50 bits per heavy atom. The average Bonchev–Trinajstić information content (AvgIpc) is 2.14. The molecule has 0 unspecified atom stereocenters. The monoisotopic (exact) mass is 182 g/mol. The van der Waals surface area contributed by atoms with E-state index in [0.29, 0.717) is 6.61 Å². The molecule has 0 saturated carbocycles. The molecule has 0 heterocycles. The third-order valence-electron chi connectivity index (χ3n) is 1.61. The fourth-order valence-corrected chi connectivity index (χ4v) is 1.71. The summed E-state index contributed by atoms with van der Waals surface area (Å²) in [5.41, 5.74) is 1.38. The van der Waals surface area contributed by atoms with E-state index in [2.05, 4.69) is 24.3 Å². The fraction of sp³-hybridized carbons (Fsp3) is 0.400. The van der Waals surface area contributed by atoms with E-state index in [4.69, 9.17) is 5.11 Å². The van der Waals surface area contributed by atoms with Crippen LogP contribution in [0.5, 0.6) is 0 Å². The summed E-state index contributed by atoms with van der Waals surface area (Å²) in [4.78, 5) is 0. The maximum atomic E-state index is 8.54. The molecular formula is C10H14OS. The summed E-state index contributed by atoms with van der Waals surface area (Å²) in [6.45, 7) is 0.291. The number of aliphatic hydroxyl groups is 1. The number of hydrogen-bond acceptors (Lipinski definition) is 2. The van der Waals surface area contributed by atoms with Gasteiger partial charge < -0.3 is 5.11 Å². The standard InChI is InChI=1S/C10H14OS/c11-7-9-12-8-6-10-4-2-1-3-5-10/h1-5,11H,6-9H2. The number of rotatable bonds is 5. The molecule has 0 amide bonds. The fourth-order valence-electron chi connectivity index (χ4n) is 1.00. The van der Waals surface area contributed by atoms with Crippen LogP contribution in [0.1, 0.15) is 5.56 Å². The first-order chi connectivity index (χ1) is 5.93. The molecule has 0 saturated heterocycles. The Bertz CT molecular complexity index is 198. The lowest BCUT2D eigenvalue weighted by Crippen LogP contribution is -1.92. The van der Waals surface area contributed by atoms with Crippen molar-refractivity contribution in [2.75, 3.05) is 18.1 Å². The Labute approximate surface area is 77.8 Å². The van der Waals surface area contributed by atoms with Crippen LogP contribution in [0.2, 0.25) is 0 Å². The van der Waals surface area contributed by atoms with Crippen LogP contribution < -0.4 is 0 Å². The largest absolute Gasteiger partial charge is 0.396 e. The molecule has 1 aromatic rings. The van der Waals surface area contributed by atoms with Crippen LogP contribution in [0.25, 0.3) is 0 Å². The van der Waals surface area contributed by atoms with Crippen LogP contribution in [-0.2, 0) is 6.42 Å². The number of benzene rings is 1. The van der Waals surface area contributed by atoms with E-state index >= 15 is 0 Å². The predicted octanol–water partition coefficient (Wildman–Crippen LogP) is 1.95. The topological polar surface area (TPSA) is 20.2 Å². The molecule has 0 aliphatic carbocycles. The van der Waals surface area contributed by atoms with Gasteiger partial charge in [0.2, 0.25) is 0 Å². The Hall–Kier alpha value is -0.470. The summed E-state index contributed by atoms with van der Waals surface area (Å²) >= 11 is 1.80. The Morgan fingerprint density at radius 2 is 1.83 bits per heavy atom. The summed E-state index contributed by atoms with van der Waals surface area (Å²) in [5.74, 6) is 1.96. The molecule has 1 nitrogen and oxygen atoms in total. The third-order valence-corrected chi connectivity index (χ3v) is 2.58. The van der Waals surface area contributed by atoms with Gasteiger partial charge in [-0.15, -0.1) is 0 Å². The number of aliphatic hydroxyl groups excluding tert-OH is 1. The van der Waals surface area contributed by atoms with Crippen LogP contribution >= 0.6 is 11.8 Å². The quantitative estimate of drug-likeness (QED) is 0.702. The van der Waals surface area contributed by atoms with Crippen molar-refractivity contribution >= 4 is 11.8 Å². The minimum absolute atomic E-state index is 0.291. The first kappa shape index (κ1) is 9.62. The lowest BCUT2D eigenvalue weighted by Gasteiger charge is -1.99. The smallest absolute Gasteiger partial charge is 0.0521 e. The molecule has 0 spiro atoms. The van der Waals surface area contributed by atoms with E-state index in [1.165, 1.54) is 5.56 Å². The Morgan fingerprint density at radius 1 is 1.08 bits per heavy atom. The predicted molar refractivity (Wildman–Crippen MR) is 54.6 cm³/mol. The maximum Gasteiger partial charge on any atom is 0.0521 e. The second kappa shape index (κ2) is 6.09. The molecule has 0 aliphatic heterocycles. The average molecular weight is 182 g/mol. The van der Waals surface area contributed by atoms with Crippen LogP contribution in [0.3, 0.4) is 0 Å². The summed E-state index contributed by atoms with van der Waals surface area (Å²) in [6.07, 6.45) is 1.10.